The molecule has 0 atom stereocenters. The zero-order chi connectivity index (χ0) is 14.7. The third kappa shape index (κ3) is 3.15. The summed E-state index contributed by atoms with van der Waals surface area (Å²) in [6.45, 7) is 1.51. The van der Waals surface area contributed by atoms with Gasteiger partial charge in [-0.15, -0.1) is 0 Å². The average molecular weight is 293 g/mol. The number of nitro groups is 1. The van der Waals surface area contributed by atoms with Crippen molar-refractivity contribution in [2.45, 2.75) is 23.3 Å². The van der Waals surface area contributed by atoms with E-state index in [2.05, 4.69) is 0 Å². The maximum atomic E-state index is 13.4. The van der Waals surface area contributed by atoms with E-state index in [9.17, 15) is 14.5 Å². The van der Waals surface area contributed by atoms with E-state index in [1.54, 1.807) is 31.2 Å². The zero-order valence-electron chi connectivity index (χ0n) is 10.7. The van der Waals surface area contributed by atoms with E-state index in [4.69, 9.17) is 5.11 Å². The number of aryl methyl sites for hydroxylation is 1. The summed E-state index contributed by atoms with van der Waals surface area (Å²) < 4.78 is 13.4. The van der Waals surface area contributed by atoms with E-state index in [-0.39, 0.29) is 12.3 Å². The molecular weight excluding hydrogens is 281 g/mol. The second kappa shape index (κ2) is 6.02. The van der Waals surface area contributed by atoms with Gasteiger partial charge in [0.1, 0.15) is 5.82 Å². The smallest absolute Gasteiger partial charge is 0.286 e. The van der Waals surface area contributed by atoms with Crippen LogP contribution in [0.15, 0.2) is 46.2 Å². The lowest BCUT2D eigenvalue weighted by atomic mass is 10.2. The maximum absolute atomic E-state index is 13.4. The highest BCUT2D eigenvalue weighted by Gasteiger charge is 2.18. The van der Waals surface area contributed by atoms with E-state index in [0.717, 1.165) is 16.5 Å². The lowest BCUT2D eigenvalue weighted by molar-refractivity contribution is -0.387. The zero-order valence-corrected chi connectivity index (χ0v) is 11.5. The molecular formula is C14H12FNO3S. The van der Waals surface area contributed by atoms with Gasteiger partial charge in [0.25, 0.3) is 5.69 Å². The van der Waals surface area contributed by atoms with E-state index in [1.807, 2.05) is 0 Å². The first-order chi connectivity index (χ1) is 9.51. The molecule has 0 bridgehead atoms. The molecule has 0 aliphatic rings. The number of benzene rings is 2. The van der Waals surface area contributed by atoms with Crippen LogP contribution < -0.4 is 0 Å². The molecule has 0 radical (unpaired) electrons. The van der Waals surface area contributed by atoms with Gasteiger partial charge in [-0.1, -0.05) is 23.9 Å². The first kappa shape index (κ1) is 14.5. The van der Waals surface area contributed by atoms with Crippen molar-refractivity contribution in [3.63, 3.8) is 0 Å². The minimum atomic E-state index is -0.590. The number of nitrogens with zero attached hydrogens (tertiary/aromatic N) is 1. The van der Waals surface area contributed by atoms with Crippen LogP contribution in [0.1, 0.15) is 11.1 Å². The Balaban J connectivity index is 2.36. The lowest BCUT2D eigenvalue weighted by Crippen LogP contribution is -1.94. The number of nitro benzene ring substituents is 1. The summed E-state index contributed by atoms with van der Waals surface area (Å²) >= 11 is 1.19. The molecule has 0 fully saturated rings. The van der Waals surface area contributed by atoms with Gasteiger partial charge in [0, 0.05) is 4.90 Å². The fourth-order valence-corrected chi connectivity index (χ4v) is 2.66. The molecule has 0 saturated heterocycles. The van der Waals surface area contributed by atoms with Crippen molar-refractivity contribution in [2.75, 3.05) is 0 Å². The van der Waals surface area contributed by atoms with Crippen molar-refractivity contribution >= 4 is 17.4 Å². The predicted octanol–water partition coefficient (Wildman–Crippen LogP) is 3.69. The molecule has 0 spiro atoms. The van der Waals surface area contributed by atoms with Crippen LogP contribution in [0, 0.1) is 22.9 Å². The lowest BCUT2D eigenvalue weighted by Gasteiger charge is -2.06. The summed E-state index contributed by atoms with van der Waals surface area (Å²) in [5, 5.41) is 19.9. The van der Waals surface area contributed by atoms with E-state index >= 15 is 0 Å². The largest absolute Gasteiger partial charge is 0.392 e. The number of hydrogen-bond donors (Lipinski definition) is 1. The fourth-order valence-electron chi connectivity index (χ4n) is 1.66. The molecule has 1 N–H and O–H groups in total. The van der Waals surface area contributed by atoms with Crippen LogP contribution >= 0.6 is 11.8 Å². The van der Waals surface area contributed by atoms with Gasteiger partial charge in [-0.2, -0.15) is 0 Å². The minimum Gasteiger partial charge on any atom is -0.392 e. The van der Waals surface area contributed by atoms with E-state index in [0.29, 0.717) is 10.5 Å². The molecule has 0 amide bonds. The van der Waals surface area contributed by atoms with E-state index < -0.39 is 10.7 Å². The highest BCUT2D eigenvalue weighted by Crippen LogP contribution is 2.36. The maximum Gasteiger partial charge on any atom is 0.286 e. The number of aliphatic hydroxyl groups excluding tert-OH is 1. The highest BCUT2D eigenvalue weighted by molar-refractivity contribution is 7.99. The van der Waals surface area contributed by atoms with Gasteiger partial charge in [0.15, 0.2) is 0 Å². The van der Waals surface area contributed by atoms with Gasteiger partial charge in [0.2, 0.25) is 0 Å². The number of halogens is 1. The molecule has 0 aliphatic heterocycles. The fraction of sp³-hybridized carbons (Fsp3) is 0.143. The third-order valence-corrected chi connectivity index (χ3v) is 3.83. The van der Waals surface area contributed by atoms with Crippen LogP contribution in [0.2, 0.25) is 0 Å². The van der Waals surface area contributed by atoms with Gasteiger partial charge in [-0.25, -0.2) is 4.39 Å². The second-order valence-electron chi connectivity index (χ2n) is 4.23. The molecule has 0 saturated carbocycles. The molecule has 0 heterocycles. The monoisotopic (exact) mass is 293 g/mol. The van der Waals surface area contributed by atoms with Crippen molar-refractivity contribution < 1.29 is 14.4 Å². The second-order valence-corrected chi connectivity index (χ2v) is 5.35. The first-order valence-electron chi connectivity index (χ1n) is 5.83. The molecule has 2 aromatic carbocycles. The highest BCUT2D eigenvalue weighted by atomic mass is 32.2. The quantitative estimate of drug-likeness (QED) is 0.690. The molecule has 20 heavy (non-hydrogen) atoms. The molecule has 0 unspecified atom stereocenters. The Morgan fingerprint density at radius 3 is 2.50 bits per heavy atom. The molecule has 2 rings (SSSR count). The molecule has 0 aromatic heterocycles. The number of hydrogen-bond acceptors (Lipinski definition) is 4. The van der Waals surface area contributed by atoms with Crippen LogP contribution in [-0.2, 0) is 6.61 Å². The molecule has 2 aromatic rings. The van der Waals surface area contributed by atoms with Gasteiger partial charge in [-0.3, -0.25) is 10.1 Å². The van der Waals surface area contributed by atoms with Crippen LogP contribution in [0.3, 0.4) is 0 Å². The van der Waals surface area contributed by atoms with Crippen LogP contribution in [-0.4, -0.2) is 10.0 Å². The summed E-state index contributed by atoms with van der Waals surface area (Å²) in [5.74, 6) is -0.586. The number of rotatable bonds is 4. The van der Waals surface area contributed by atoms with Gasteiger partial charge >= 0.3 is 0 Å². The van der Waals surface area contributed by atoms with Gasteiger partial charge in [-0.05, 0) is 36.2 Å². The van der Waals surface area contributed by atoms with Crippen LogP contribution in [0.4, 0.5) is 10.1 Å². The Morgan fingerprint density at radius 1 is 1.30 bits per heavy atom. The predicted molar refractivity (Wildman–Crippen MR) is 74.3 cm³/mol. The molecule has 104 valence electrons. The Morgan fingerprint density at radius 2 is 1.95 bits per heavy atom. The average Bonchev–Trinajstić information content (AvgIpc) is 2.43. The topological polar surface area (TPSA) is 63.4 Å². The summed E-state index contributed by atoms with van der Waals surface area (Å²) in [4.78, 5) is 11.6. The Labute approximate surface area is 119 Å². The normalized spacial score (nSPS) is 10.6. The van der Waals surface area contributed by atoms with Gasteiger partial charge < -0.3 is 5.11 Å². The summed E-state index contributed by atoms with van der Waals surface area (Å²) in [6, 6.07) is 9.42. The Bertz CT molecular complexity index is 644. The minimum absolute atomic E-state index is 0.0548. The summed E-state index contributed by atoms with van der Waals surface area (Å²) in [6.07, 6.45) is 0. The summed E-state index contributed by atoms with van der Waals surface area (Å²) in [5.41, 5.74) is 0.883. The summed E-state index contributed by atoms with van der Waals surface area (Å²) in [7, 11) is 0. The van der Waals surface area contributed by atoms with Crippen molar-refractivity contribution in [2.24, 2.45) is 0 Å². The number of aliphatic hydroxyl groups is 1. The first-order valence-corrected chi connectivity index (χ1v) is 6.65. The Hall–Kier alpha value is -1.92. The standard InChI is InChI=1S/C14H12FNO3S/c1-9-6-14(13(16(18)19)7-12(9)15)20-11-4-2-10(8-17)3-5-11/h2-7,17H,8H2,1H3. The van der Waals surface area contributed by atoms with Crippen molar-refractivity contribution in [1.82, 2.24) is 0 Å². The third-order valence-electron chi connectivity index (χ3n) is 2.77. The SMILES string of the molecule is Cc1cc(Sc2ccc(CO)cc2)c([N+](=O)[O-])cc1F. The van der Waals surface area contributed by atoms with E-state index in [1.165, 1.54) is 17.8 Å². The van der Waals surface area contributed by atoms with Crippen LogP contribution in [0.25, 0.3) is 0 Å². The molecule has 6 heteroatoms. The molecule has 4 nitrogen and oxygen atoms in total. The van der Waals surface area contributed by atoms with Gasteiger partial charge in [0.05, 0.1) is 22.5 Å². The van der Waals surface area contributed by atoms with Crippen molar-refractivity contribution in [1.29, 1.82) is 0 Å². The van der Waals surface area contributed by atoms with Crippen molar-refractivity contribution in [3.8, 4) is 0 Å². The Kier molecular flexibility index (Phi) is 4.36. The van der Waals surface area contributed by atoms with Crippen LogP contribution in [0.5, 0.6) is 0 Å². The van der Waals surface area contributed by atoms with Crippen molar-refractivity contribution in [3.05, 3.63) is 63.5 Å². The molecule has 0 aliphatic carbocycles.